The minimum Gasteiger partial charge on any atom is -0.369 e. The lowest BCUT2D eigenvalue weighted by Gasteiger charge is -2.27. The molecule has 0 aromatic carbocycles. The van der Waals surface area contributed by atoms with Crippen LogP contribution in [0.15, 0.2) is 0 Å². The van der Waals surface area contributed by atoms with E-state index in [0.717, 1.165) is 24.1 Å². The fourth-order valence-electron chi connectivity index (χ4n) is 3.16. The number of anilines is 1. The van der Waals surface area contributed by atoms with E-state index in [1.54, 1.807) is 0 Å². The van der Waals surface area contributed by atoms with Crippen LogP contribution >= 0.6 is 22.6 Å². The third-order valence-electron chi connectivity index (χ3n) is 4.57. The van der Waals surface area contributed by atoms with E-state index in [-0.39, 0.29) is 0 Å². The van der Waals surface area contributed by atoms with Crippen LogP contribution in [0.2, 0.25) is 0 Å². The highest BCUT2D eigenvalue weighted by atomic mass is 127. The van der Waals surface area contributed by atoms with Gasteiger partial charge in [-0.2, -0.15) is 0 Å². The summed E-state index contributed by atoms with van der Waals surface area (Å²) in [6.07, 6.45) is 6.50. The Morgan fingerprint density at radius 1 is 1.14 bits per heavy atom. The van der Waals surface area contributed by atoms with E-state index in [4.69, 9.17) is 9.97 Å². The molecule has 118 valence electrons. The number of nitrogens with one attached hydrogen (secondary N) is 1. The smallest absolute Gasteiger partial charge is 0.143 e. The zero-order valence-electron chi connectivity index (χ0n) is 13.7. The molecule has 1 aliphatic rings. The van der Waals surface area contributed by atoms with E-state index in [0.29, 0.717) is 11.8 Å². The van der Waals surface area contributed by atoms with Gasteiger partial charge in [0.25, 0.3) is 0 Å². The molecule has 0 amide bonds. The molecule has 1 fully saturated rings. The van der Waals surface area contributed by atoms with Crippen molar-refractivity contribution in [1.29, 1.82) is 0 Å². The van der Waals surface area contributed by atoms with E-state index in [9.17, 15) is 0 Å². The standard InChI is InChI=1S/C17H28IN3/c1-5-12-7-9-13(10-8-12)16-20-15(11(3)4)14(18)17(21-16)19-6-2/h11-13H,5-10H2,1-4H3,(H,19,20,21). The van der Waals surface area contributed by atoms with Gasteiger partial charge in [0.15, 0.2) is 0 Å². The van der Waals surface area contributed by atoms with Gasteiger partial charge < -0.3 is 5.32 Å². The van der Waals surface area contributed by atoms with Gasteiger partial charge in [-0.3, -0.25) is 0 Å². The minimum absolute atomic E-state index is 0.447. The second-order valence-electron chi connectivity index (χ2n) is 6.44. The van der Waals surface area contributed by atoms with Crippen molar-refractivity contribution in [2.75, 3.05) is 11.9 Å². The van der Waals surface area contributed by atoms with Gasteiger partial charge in [-0.15, -0.1) is 0 Å². The first-order valence-corrected chi connectivity index (χ1v) is 9.45. The minimum atomic E-state index is 0.447. The highest BCUT2D eigenvalue weighted by Gasteiger charge is 2.25. The zero-order chi connectivity index (χ0) is 15.4. The molecular weight excluding hydrogens is 373 g/mol. The van der Waals surface area contributed by atoms with Crippen molar-refractivity contribution in [1.82, 2.24) is 9.97 Å². The van der Waals surface area contributed by atoms with E-state index in [1.807, 2.05) is 0 Å². The molecule has 1 aromatic rings. The van der Waals surface area contributed by atoms with Crippen molar-refractivity contribution in [3.63, 3.8) is 0 Å². The summed E-state index contributed by atoms with van der Waals surface area (Å²) in [7, 11) is 0. The maximum absolute atomic E-state index is 4.93. The monoisotopic (exact) mass is 401 g/mol. The third kappa shape index (κ3) is 4.08. The van der Waals surface area contributed by atoms with E-state index >= 15 is 0 Å². The van der Waals surface area contributed by atoms with Gasteiger partial charge in [0, 0.05) is 12.5 Å². The Morgan fingerprint density at radius 2 is 1.81 bits per heavy atom. The fraction of sp³-hybridized carbons (Fsp3) is 0.765. The predicted octanol–water partition coefficient (Wildman–Crippen LogP) is 5.32. The Kier molecular flexibility index (Phi) is 6.26. The summed E-state index contributed by atoms with van der Waals surface area (Å²) in [5.74, 6) is 4.03. The lowest BCUT2D eigenvalue weighted by Crippen LogP contribution is -2.18. The first kappa shape index (κ1) is 17.0. The molecule has 0 atom stereocenters. The molecule has 0 spiro atoms. The fourth-order valence-corrected chi connectivity index (χ4v) is 4.22. The second-order valence-corrected chi connectivity index (χ2v) is 7.52. The maximum atomic E-state index is 4.93. The molecule has 0 bridgehead atoms. The average Bonchev–Trinajstić information content (AvgIpc) is 2.49. The number of hydrogen-bond donors (Lipinski definition) is 1. The number of nitrogens with zero attached hydrogens (tertiary/aromatic N) is 2. The molecule has 1 heterocycles. The summed E-state index contributed by atoms with van der Waals surface area (Å²) >= 11 is 2.39. The van der Waals surface area contributed by atoms with Gasteiger partial charge in [-0.25, -0.2) is 9.97 Å². The van der Waals surface area contributed by atoms with Crippen LogP contribution in [0.3, 0.4) is 0 Å². The van der Waals surface area contributed by atoms with Crippen LogP contribution in [0.5, 0.6) is 0 Å². The Labute approximate surface area is 142 Å². The Bertz CT molecular complexity index is 465. The normalized spacial score (nSPS) is 22.6. The van der Waals surface area contributed by atoms with E-state index in [2.05, 4.69) is 55.6 Å². The van der Waals surface area contributed by atoms with Crippen LogP contribution in [-0.2, 0) is 0 Å². The number of aromatic nitrogens is 2. The van der Waals surface area contributed by atoms with Crippen molar-refractivity contribution >= 4 is 28.4 Å². The van der Waals surface area contributed by atoms with Crippen molar-refractivity contribution in [3.8, 4) is 0 Å². The third-order valence-corrected chi connectivity index (χ3v) is 5.64. The second kappa shape index (κ2) is 7.75. The topological polar surface area (TPSA) is 37.8 Å². The van der Waals surface area contributed by atoms with Gasteiger partial charge in [-0.1, -0.05) is 27.2 Å². The molecule has 1 saturated carbocycles. The van der Waals surface area contributed by atoms with Crippen molar-refractivity contribution < 1.29 is 0 Å². The highest BCUT2D eigenvalue weighted by Crippen LogP contribution is 2.37. The first-order valence-electron chi connectivity index (χ1n) is 8.37. The molecule has 4 heteroatoms. The molecule has 0 radical (unpaired) electrons. The summed E-state index contributed by atoms with van der Waals surface area (Å²) in [5, 5.41) is 3.41. The van der Waals surface area contributed by atoms with Gasteiger partial charge in [-0.05, 0) is 67.0 Å². The van der Waals surface area contributed by atoms with Gasteiger partial charge in [0.2, 0.25) is 0 Å². The summed E-state index contributed by atoms with van der Waals surface area (Å²) in [6.45, 7) is 9.79. The molecule has 0 saturated heterocycles. The molecule has 1 N–H and O–H groups in total. The van der Waals surface area contributed by atoms with Gasteiger partial charge in [0.1, 0.15) is 11.6 Å². The molecule has 2 rings (SSSR count). The zero-order valence-corrected chi connectivity index (χ0v) is 15.9. The quantitative estimate of drug-likeness (QED) is 0.679. The van der Waals surface area contributed by atoms with Crippen LogP contribution in [0.25, 0.3) is 0 Å². The molecule has 21 heavy (non-hydrogen) atoms. The summed E-state index contributed by atoms with van der Waals surface area (Å²) in [4.78, 5) is 9.78. The van der Waals surface area contributed by atoms with Crippen LogP contribution in [0.4, 0.5) is 5.82 Å². The average molecular weight is 401 g/mol. The molecule has 1 aromatic heterocycles. The SMILES string of the molecule is CCNc1nc(C2CCC(CC)CC2)nc(C(C)C)c1I. The number of rotatable bonds is 5. The van der Waals surface area contributed by atoms with Crippen molar-refractivity contribution in [2.24, 2.45) is 5.92 Å². The summed E-state index contributed by atoms with van der Waals surface area (Å²) in [5.41, 5.74) is 1.20. The maximum Gasteiger partial charge on any atom is 0.143 e. The molecule has 3 nitrogen and oxygen atoms in total. The van der Waals surface area contributed by atoms with Crippen molar-refractivity contribution in [3.05, 3.63) is 15.1 Å². The Hall–Kier alpha value is -0.390. The van der Waals surface area contributed by atoms with Gasteiger partial charge in [0.05, 0.1) is 9.26 Å². The Morgan fingerprint density at radius 3 is 2.33 bits per heavy atom. The van der Waals surface area contributed by atoms with Crippen LogP contribution in [-0.4, -0.2) is 16.5 Å². The summed E-state index contributed by atoms with van der Waals surface area (Å²) in [6, 6.07) is 0. The summed E-state index contributed by atoms with van der Waals surface area (Å²) < 4.78 is 1.19. The number of hydrogen-bond acceptors (Lipinski definition) is 3. The van der Waals surface area contributed by atoms with Crippen LogP contribution in [0.1, 0.15) is 83.2 Å². The molecule has 0 aliphatic heterocycles. The van der Waals surface area contributed by atoms with E-state index < -0.39 is 0 Å². The Balaban J connectivity index is 2.26. The van der Waals surface area contributed by atoms with Gasteiger partial charge >= 0.3 is 0 Å². The largest absolute Gasteiger partial charge is 0.369 e. The first-order chi connectivity index (χ1) is 10.1. The highest BCUT2D eigenvalue weighted by molar-refractivity contribution is 14.1. The lowest BCUT2D eigenvalue weighted by atomic mass is 9.80. The molecule has 1 aliphatic carbocycles. The molecule has 0 unspecified atom stereocenters. The molecular formula is C17H28IN3. The van der Waals surface area contributed by atoms with Crippen LogP contribution < -0.4 is 5.32 Å². The van der Waals surface area contributed by atoms with E-state index in [1.165, 1.54) is 41.4 Å². The van der Waals surface area contributed by atoms with Crippen LogP contribution in [0, 0.1) is 9.49 Å². The van der Waals surface area contributed by atoms with Crippen molar-refractivity contribution in [2.45, 2.75) is 71.6 Å². The lowest BCUT2D eigenvalue weighted by molar-refractivity contribution is 0.311. The number of halogens is 1. The predicted molar refractivity (Wildman–Crippen MR) is 98.0 cm³/mol.